The van der Waals surface area contributed by atoms with E-state index in [1.807, 2.05) is 135 Å². The van der Waals surface area contributed by atoms with Crippen LogP contribution in [-0.4, -0.2) is 170 Å². The third-order valence-corrected chi connectivity index (χ3v) is 21.0. The zero-order valence-electron chi connectivity index (χ0n) is 55.3. The highest BCUT2D eigenvalue weighted by atomic mass is 16.5. The Bertz CT molecular complexity index is 2860. The predicted octanol–water partition coefficient (Wildman–Crippen LogP) is 5.99. The van der Waals surface area contributed by atoms with Crippen molar-refractivity contribution in [2.45, 2.75) is 176 Å². The van der Waals surface area contributed by atoms with Crippen molar-refractivity contribution in [1.29, 1.82) is 0 Å². The minimum atomic E-state index is -1.69. The number of likely N-dealkylation sites (N-methyl/N-ethyl adjacent to an activating group) is 2. The molecule has 4 aromatic carbocycles. The number of ether oxygens (including phenoxy) is 2. The van der Waals surface area contributed by atoms with Crippen LogP contribution < -0.4 is 31.9 Å². The smallest absolute Gasteiger partial charge is 0.255 e. The van der Waals surface area contributed by atoms with Gasteiger partial charge in [-0.05, 0) is 150 Å². The average molecular weight is 1290 g/mol. The van der Waals surface area contributed by atoms with E-state index in [4.69, 9.17) is 9.47 Å². The summed E-state index contributed by atoms with van der Waals surface area (Å²) in [5.41, 5.74) is -1.05. The second-order valence-corrected chi connectivity index (χ2v) is 26.5. The summed E-state index contributed by atoms with van der Waals surface area (Å²) in [6.45, 7) is 4.99. The number of amides is 6. The lowest BCUT2D eigenvalue weighted by atomic mass is 9.77. The largest absolute Gasteiger partial charge is 0.396 e. The summed E-state index contributed by atoms with van der Waals surface area (Å²) in [5, 5.41) is 39.4. The topological polar surface area (TPSA) is 274 Å². The summed E-state index contributed by atoms with van der Waals surface area (Å²) in [4.78, 5) is 120. The molecule has 0 radical (unpaired) electrons. The van der Waals surface area contributed by atoms with Crippen molar-refractivity contribution < 1.29 is 58.0 Å². The fraction of sp³-hybridized carbons (Fsp3) is 0.568. The number of nitrogens with zero attached hydrogens (tertiary/aromatic N) is 2. The summed E-state index contributed by atoms with van der Waals surface area (Å²) >= 11 is 0. The van der Waals surface area contributed by atoms with Crippen LogP contribution >= 0.6 is 0 Å². The molecule has 20 nitrogen and oxygen atoms in total. The minimum Gasteiger partial charge on any atom is -0.396 e. The maximum absolute atomic E-state index is 15.1. The van der Waals surface area contributed by atoms with Crippen LogP contribution in [0.4, 0.5) is 0 Å². The Kier molecular flexibility index (Phi) is 25.7. The lowest BCUT2D eigenvalue weighted by molar-refractivity contribution is -0.146. The number of carbonyl (C=O) groups is 8. The van der Waals surface area contributed by atoms with E-state index in [1.54, 1.807) is 23.9 Å². The molecule has 1 aliphatic carbocycles. The van der Waals surface area contributed by atoms with E-state index in [2.05, 4.69) is 31.9 Å². The van der Waals surface area contributed by atoms with Crippen LogP contribution in [0.3, 0.4) is 0 Å². The molecule has 6 amide bonds. The number of hydrogen-bond acceptors (Lipinski definition) is 14. The predicted molar refractivity (Wildman–Crippen MR) is 356 cm³/mol. The van der Waals surface area contributed by atoms with E-state index < -0.39 is 82.7 Å². The van der Waals surface area contributed by atoms with Gasteiger partial charge in [0, 0.05) is 70.4 Å². The molecule has 508 valence electrons. The number of Topliss-reactive ketones (excluding diaryl/α,β-unsaturated/α-hetero) is 2. The van der Waals surface area contributed by atoms with Gasteiger partial charge < -0.3 is 61.4 Å². The summed E-state index contributed by atoms with van der Waals surface area (Å²) in [7, 11) is 3.40. The first-order valence-electron chi connectivity index (χ1n) is 34.5. The summed E-state index contributed by atoms with van der Waals surface area (Å²) < 4.78 is 12.5. The maximum atomic E-state index is 15.1. The molecule has 4 aliphatic heterocycles. The third-order valence-electron chi connectivity index (χ3n) is 21.0. The molecule has 20 heteroatoms. The molecule has 0 aromatic heterocycles. The van der Waals surface area contributed by atoms with Crippen molar-refractivity contribution in [3.63, 3.8) is 0 Å². The average Bonchev–Trinajstić information content (AvgIpc) is 1.09. The Morgan fingerprint density at radius 3 is 1.45 bits per heavy atom. The quantitative estimate of drug-likeness (QED) is 0.0261. The van der Waals surface area contributed by atoms with Gasteiger partial charge in [0.1, 0.15) is 23.7 Å². The standard InChI is InChI=1S/C74H100N8O12/c1-5-60(75-3)64(85)44-59-51(45-83)33-35-57-37-39-62(81(57)70(59)90)69(89)80-74(55-24-15-9-16-25-55,56-26-17-10-18-27-56)72(92)77-41-43-94-48-50-31-29-49(30-32-50)47-93-42-19-28-65(86)73(53-20-11-7-12-21-53,54-22-13-8-14-23-54)79-68(88)63-40-38-58-36-34-52(46-84)66(71(91)82(58)63)78-67(87)61(6-2)76-4/h7-18,20-27,49-52,57-63,66,75-76,83-84H,5-6,19,28-48H2,1-4H3,(H,77,92)(H,78,87)(H,79,88)(H,80,89)/t49?,50?,51-,52-,57+,58+,59+,60+,61+,62+,63+,66+/m1/s1. The summed E-state index contributed by atoms with van der Waals surface area (Å²) in [5.74, 6) is -3.91. The molecule has 4 saturated heterocycles. The molecular formula is C74H100N8O12. The monoisotopic (exact) mass is 1290 g/mol. The number of aliphatic hydroxyl groups excluding tert-OH is 2. The number of nitrogens with one attached hydrogen (secondary N) is 6. The Morgan fingerprint density at radius 2 is 0.979 bits per heavy atom. The summed E-state index contributed by atoms with van der Waals surface area (Å²) in [6.07, 6.45) is 9.31. The second kappa shape index (κ2) is 34.0. The van der Waals surface area contributed by atoms with Crippen molar-refractivity contribution in [2.24, 2.45) is 29.6 Å². The van der Waals surface area contributed by atoms with E-state index >= 15 is 14.4 Å². The Balaban J connectivity index is 0.778. The zero-order valence-corrected chi connectivity index (χ0v) is 55.3. The van der Waals surface area contributed by atoms with E-state index in [0.29, 0.717) is 125 Å². The van der Waals surface area contributed by atoms with Gasteiger partial charge in [-0.2, -0.15) is 0 Å². The molecule has 0 spiro atoms. The first-order chi connectivity index (χ1) is 45.7. The lowest BCUT2D eigenvalue weighted by Crippen LogP contribution is -2.61. The second-order valence-electron chi connectivity index (χ2n) is 26.5. The zero-order chi connectivity index (χ0) is 66.8. The highest BCUT2D eigenvalue weighted by molar-refractivity contribution is 6.01. The van der Waals surface area contributed by atoms with Gasteiger partial charge in [0.25, 0.3) is 5.91 Å². The highest BCUT2D eigenvalue weighted by Gasteiger charge is 2.53. The number of rotatable bonds is 32. The van der Waals surface area contributed by atoms with Gasteiger partial charge >= 0.3 is 0 Å². The number of aliphatic hydroxyl groups is 2. The van der Waals surface area contributed by atoms with Crippen molar-refractivity contribution in [2.75, 3.05) is 60.3 Å². The fourth-order valence-electron chi connectivity index (χ4n) is 15.6. The SMILES string of the molecule is CC[C@H](NC)C(=O)C[C@@H]1C(=O)N2[C@@H](CC[C@@H]1CO)CC[C@H]2C(=O)NC(C(=O)NCCOCC1CCC(COCCCC(=O)C(NC(=O)[C@@H]2CC[C@@H]3CC[C@H](CO)[C@H](NC(=O)[C@H](CC)NC)C(=O)N32)(c2ccccc2)c2ccccc2)CC1)(c1ccccc1)c1ccccc1. The molecule has 5 fully saturated rings. The van der Waals surface area contributed by atoms with E-state index in [9.17, 15) is 34.2 Å². The Morgan fingerprint density at radius 1 is 0.543 bits per heavy atom. The number of carbonyl (C=O) groups excluding carboxylic acids is 8. The van der Waals surface area contributed by atoms with Gasteiger partial charge in [-0.3, -0.25) is 38.4 Å². The normalized spacial score (nSPS) is 24.6. The van der Waals surface area contributed by atoms with Gasteiger partial charge in [-0.15, -0.1) is 0 Å². The molecule has 94 heavy (non-hydrogen) atoms. The van der Waals surface area contributed by atoms with Crippen LogP contribution in [-0.2, 0) is 58.9 Å². The molecule has 10 atom stereocenters. The van der Waals surface area contributed by atoms with Gasteiger partial charge in [-0.25, -0.2) is 0 Å². The van der Waals surface area contributed by atoms with Crippen LogP contribution in [0, 0.1) is 29.6 Å². The molecule has 4 heterocycles. The van der Waals surface area contributed by atoms with Gasteiger partial charge in [0.2, 0.25) is 29.5 Å². The first kappa shape index (κ1) is 71.1. The minimum absolute atomic E-state index is 0.0417. The molecule has 1 saturated carbocycles. The number of fused-ring (bicyclic) bond motifs is 2. The van der Waals surface area contributed by atoms with Gasteiger partial charge in [-0.1, -0.05) is 135 Å². The van der Waals surface area contributed by atoms with Crippen LogP contribution in [0.2, 0.25) is 0 Å². The van der Waals surface area contributed by atoms with Crippen LogP contribution in [0.1, 0.15) is 145 Å². The number of benzene rings is 4. The fourth-order valence-corrected chi connectivity index (χ4v) is 15.6. The lowest BCUT2D eigenvalue weighted by Gasteiger charge is -2.38. The summed E-state index contributed by atoms with van der Waals surface area (Å²) in [6, 6.07) is 32.3. The van der Waals surface area contributed by atoms with E-state index in [0.717, 1.165) is 25.7 Å². The van der Waals surface area contributed by atoms with Crippen LogP contribution in [0.25, 0.3) is 0 Å². The number of hydrogen-bond donors (Lipinski definition) is 8. The van der Waals surface area contributed by atoms with Crippen LogP contribution in [0.5, 0.6) is 0 Å². The van der Waals surface area contributed by atoms with Crippen molar-refractivity contribution >= 4 is 47.0 Å². The molecule has 9 rings (SSSR count). The van der Waals surface area contributed by atoms with Crippen LogP contribution in [0.15, 0.2) is 121 Å². The van der Waals surface area contributed by atoms with E-state index in [-0.39, 0.29) is 74.7 Å². The van der Waals surface area contributed by atoms with Crippen molar-refractivity contribution in [3.8, 4) is 0 Å². The Hall–Kier alpha value is -7.20. The Labute approximate surface area is 554 Å². The molecule has 8 N–H and O–H groups in total. The third kappa shape index (κ3) is 16.0. The van der Waals surface area contributed by atoms with E-state index in [1.165, 1.54) is 0 Å². The molecule has 0 unspecified atom stereocenters. The highest BCUT2D eigenvalue weighted by Crippen LogP contribution is 2.41. The van der Waals surface area contributed by atoms with Crippen molar-refractivity contribution in [3.05, 3.63) is 144 Å². The number of ketones is 2. The molecule has 0 bridgehead atoms. The first-order valence-corrected chi connectivity index (χ1v) is 34.5. The van der Waals surface area contributed by atoms with Gasteiger partial charge in [0.15, 0.2) is 17.1 Å². The molecule has 4 aromatic rings. The van der Waals surface area contributed by atoms with Crippen molar-refractivity contribution in [1.82, 2.24) is 41.7 Å². The molecular weight excluding hydrogens is 1190 g/mol. The molecule has 5 aliphatic rings. The van der Waals surface area contributed by atoms with Gasteiger partial charge in [0.05, 0.1) is 24.6 Å². The maximum Gasteiger partial charge on any atom is 0.255 e.